The Kier molecular flexibility index (Phi) is 5.32. The molecule has 1 N–H and O–H groups in total. The van der Waals surface area contributed by atoms with Crippen LogP contribution in [0.4, 0.5) is 5.69 Å². The first-order valence-corrected chi connectivity index (χ1v) is 8.65. The lowest BCUT2D eigenvalue weighted by Gasteiger charge is -2.18. The van der Waals surface area contributed by atoms with E-state index in [1.54, 1.807) is 12.1 Å². The van der Waals surface area contributed by atoms with Crippen molar-refractivity contribution in [1.29, 1.82) is 0 Å². The molecular weight excluding hydrogens is 385 g/mol. The van der Waals surface area contributed by atoms with Crippen LogP contribution in [0.25, 0.3) is 0 Å². The molecule has 6 heteroatoms. The van der Waals surface area contributed by atoms with Crippen molar-refractivity contribution in [3.8, 4) is 0 Å². The van der Waals surface area contributed by atoms with Gasteiger partial charge in [0.1, 0.15) is 0 Å². The summed E-state index contributed by atoms with van der Waals surface area (Å²) in [7, 11) is -3.34. The molecular formula is C12H17ClINO2S. The molecule has 0 aliphatic heterocycles. The van der Waals surface area contributed by atoms with Crippen LogP contribution in [-0.4, -0.2) is 14.2 Å². The number of rotatable bonds is 4. The summed E-state index contributed by atoms with van der Waals surface area (Å²) < 4.78 is 27.3. The lowest BCUT2D eigenvalue weighted by atomic mass is 9.94. The van der Waals surface area contributed by atoms with Gasteiger partial charge in [0.25, 0.3) is 0 Å². The van der Waals surface area contributed by atoms with E-state index >= 15 is 0 Å². The summed E-state index contributed by atoms with van der Waals surface area (Å²) in [6.45, 7) is 6.04. The van der Waals surface area contributed by atoms with Crippen LogP contribution in [0.15, 0.2) is 18.2 Å². The maximum atomic E-state index is 11.9. The highest BCUT2D eigenvalue weighted by Gasteiger charge is 2.18. The van der Waals surface area contributed by atoms with Gasteiger partial charge in [0.15, 0.2) is 0 Å². The molecule has 0 bridgehead atoms. The lowest BCUT2D eigenvalue weighted by molar-refractivity contribution is 0.397. The molecule has 0 aliphatic carbocycles. The predicted molar refractivity (Wildman–Crippen MR) is 85.7 cm³/mol. The molecule has 0 atom stereocenters. The lowest BCUT2D eigenvalue weighted by Crippen LogP contribution is -2.21. The van der Waals surface area contributed by atoms with Crippen LogP contribution in [0.2, 0.25) is 5.02 Å². The Labute approximate surface area is 127 Å². The molecule has 0 radical (unpaired) electrons. The Morgan fingerprint density at radius 1 is 1.33 bits per heavy atom. The molecule has 0 saturated carbocycles. The van der Waals surface area contributed by atoms with Crippen molar-refractivity contribution in [3.05, 3.63) is 26.8 Å². The molecule has 0 amide bonds. The van der Waals surface area contributed by atoms with Crippen LogP contribution in [0.1, 0.15) is 27.2 Å². The zero-order valence-corrected chi connectivity index (χ0v) is 14.4. The molecule has 0 aromatic heterocycles. The van der Waals surface area contributed by atoms with E-state index in [-0.39, 0.29) is 11.2 Å². The van der Waals surface area contributed by atoms with Crippen molar-refractivity contribution < 1.29 is 8.42 Å². The van der Waals surface area contributed by atoms with Gasteiger partial charge in [-0.2, -0.15) is 0 Å². The molecule has 1 aromatic carbocycles. The summed E-state index contributed by atoms with van der Waals surface area (Å²) in [6.07, 6.45) is 0.602. The first kappa shape index (κ1) is 16.0. The highest BCUT2D eigenvalue weighted by Crippen LogP contribution is 2.26. The summed E-state index contributed by atoms with van der Waals surface area (Å²) >= 11 is 8.12. The quantitative estimate of drug-likeness (QED) is 0.771. The third-order valence-electron chi connectivity index (χ3n) is 2.32. The Bertz CT molecular complexity index is 523. The number of sulfonamides is 1. The highest BCUT2D eigenvalue weighted by atomic mass is 127. The minimum Gasteiger partial charge on any atom is -0.282 e. The number of nitrogens with one attached hydrogen (secondary N) is 1. The Balaban J connectivity index is 2.77. The number of anilines is 1. The molecule has 1 rings (SSSR count). The maximum absolute atomic E-state index is 11.9. The molecule has 0 saturated heterocycles. The van der Waals surface area contributed by atoms with E-state index in [1.807, 2.05) is 26.8 Å². The molecule has 1 aromatic rings. The van der Waals surface area contributed by atoms with E-state index < -0.39 is 10.0 Å². The third kappa shape index (κ3) is 5.75. The van der Waals surface area contributed by atoms with E-state index in [2.05, 4.69) is 27.3 Å². The van der Waals surface area contributed by atoms with E-state index in [0.717, 1.165) is 3.57 Å². The second-order valence-corrected chi connectivity index (χ2v) is 8.85. The van der Waals surface area contributed by atoms with Gasteiger partial charge in [-0.3, -0.25) is 4.72 Å². The Morgan fingerprint density at radius 3 is 2.44 bits per heavy atom. The fourth-order valence-corrected chi connectivity index (χ4v) is 3.69. The second kappa shape index (κ2) is 5.96. The van der Waals surface area contributed by atoms with Gasteiger partial charge >= 0.3 is 0 Å². The number of halogens is 2. The Hall–Kier alpha value is -0.0100. The summed E-state index contributed by atoms with van der Waals surface area (Å²) in [5.74, 6) is 0.0960. The van der Waals surface area contributed by atoms with Crippen LogP contribution >= 0.6 is 34.2 Å². The van der Waals surface area contributed by atoms with Crippen molar-refractivity contribution in [2.75, 3.05) is 10.5 Å². The van der Waals surface area contributed by atoms with Gasteiger partial charge in [0.2, 0.25) is 10.0 Å². The zero-order valence-electron chi connectivity index (χ0n) is 10.6. The average Bonchev–Trinajstić information content (AvgIpc) is 2.19. The van der Waals surface area contributed by atoms with E-state index in [1.165, 1.54) is 0 Å². The summed E-state index contributed by atoms with van der Waals surface area (Å²) in [5.41, 5.74) is 0.427. The van der Waals surface area contributed by atoms with E-state index in [0.29, 0.717) is 17.1 Å². The molecule has 18 heavy (non-hydrogen) atoms. The van der Waals surface area contributed by atoms with Crippen LogP contribution in [-0.2, 0) is 10.0 Å². The molecule has 102 valence electrons. The summed E-state index contributed by atoms with van der Waals surface area (Å²) in [4.78, 5) is 0. The maximum Gasteiger partial charge on any atom is 0.232 e. The molecule has 0 spiro atoms. The van der Waals surface area contributed by atoms with Crippen LogP contribution in [0.5, 0.6) is 0 Å². The fraction of sp³-hybridized carbons (Fsp3) is 0.500. The second-order valence-electron chi connectivity index (χ2n) is 5.36. The summed E-state index contributed by atoms with van der Waals surface area (Å²) in [6, 6.07) is 5.22. The van der Waals surface area contributed by atoms with Crippen LogP contribution in [0.3, 0.4) is 0 Å². The van der Waals surface area contributed by atoms with E-state index in [4.69, 9.17) is 11.6 Å². The van der Waals surface area contributed by atoms with Crippen LogP contribution in [0, 0.1) is 8.99 Å². The fourth-order valence-electron chi connectivity index (χ4n) is 1.23. The van der Waals surface area contributed by atoms with Crippen molar-refractivity contribution >= 4 is 49.9 Å². The van der Waals surface area contributed by atoms with Gasteiger partial charge in [0, 0.05) is 3.57 Å². The molecule has 0 aliphatic rings. The molecule has 3 nitrogen and oxygen atoms in total. The average molecular weight is 402 g/mol. The van der Waals surface area contributed by atoms with Gasteiger partial charge < -0.3 is 0 Å². The normalized spacial score (nSPS) is 12.5. The van der Waals surface area contributed by atoms with Crippen LogP contribution < -0.4 is 4.72 Å². The minimum absolute atomic E-state index is 0.00931. The van der Waals surface area contributed by atoms with Crippen molar-refractivity contribution in [1.82, 2.24) is 0 Å². The highest BCUT2D eigenvalue weighted by molar-refractivity contribution is 14.1. The smallest absolute Gasteiger partial charge is 0.232 e. The predicted octanol–water partition coefficient (Wildman–Crippen LogP) is 4.12. The number of hydrogen-bond acceptors (Lipinski definition) is 2. The van der Waals surface area contributed by atoms with Gasteiger partial charge in [-0.25, -0.2) is 8.42 Å². The van der Waals surface area contributed by atoms with Crippen molar-refractivity contribution in [3.63, 3.8) is 0 Å². The zero-order chi connectivity index (χ0) is 14.0. The number of hydrogen-bond donors (Lipinski definition) is 1. The van der Waals surface area contributed by atoms with Gasteiger partial charge in [0.05, 0.1) is 16.5 Å². The Morgan fingerprint density at radius 2 is 1.94 bits per heavy atom. The summed E-state index contributed by atoms with van der Waals surface area (Å²) in [5, 5.41) is 0.418. The molecule has 0 unspecified atom stereocenters. The third-order valence-corrected chi connectivity index (χ3v) is 4.57. The topological polar surface area (TPSA) is 46.2 Å². The molecule has 0 heterocycles. The van der Waals surface area contributed by atoms with Gasteiger partial charge in [-0.1, -0.05) is 32.4 Å². The minimum atomic E-state index is -3.34. The van der Waals surface area contributed by atoms with Crippen molar-refractivity contribution in [2.45, 2.75) is 27.2 Å². The van der Waals surface area contributed by atoms with Gasteiger partial charge in [-0.15, -0.1) is 0 Å². The number of benzene rings is 1. The monoisotopic (exact) mass is 401 g/mol. The SMILES string of the molecule is CC(C)(C)CCS(=O)(=O)Nc1ccc(I)cc1Cl. The molecule has 0 fully saturated rings. The van der Waals surface area contributed by atoms with Crippen molar-refractivity contribution in [2.24, 2.45) is 5.41 Å². The van der Waals surface area contributed by atoms with E-state index in [9.17, 15) is 8.42 Å². The first-order chi connectivity index (χ1) is 8.09. The largest absolute Gasteiger partial charge is 0.282 e. The standard InChI is InChI=1S/C12H17ClINO2S/c1-12(2,3)6-7-18(16,17)15-11-5-4-9(14)8-10(11)13/h4-5,8,15H,6-7H2,1-3H3. The first-order valence-electron chi connectivity index (χ1n) is 5.55. The van der Waals surface area contributed by atoms with Gasteiger partial charge in [-0.05, 0) is 52.6 Å².